The highest BCUT2D eigenvalue weighted by molar-refractivity contribution is 5.84. The van der Waals surface area contributed by atoms with E-state index in [2.05, 4.69) is 0 Å². The minimum atomic E-state index is -0.674. The van der Waals surface area contributed by atoms with Gasteiger partial charge in [-0.3, -0.25) is 4.79 Å². The molecule has 1 aromatic rings. The average molecular weight is 325 g/mol. The molecule has 6 heteroatoms. The van der Waals surface area contributed by atoms with Crippen LogP contribution >= 0.6 is 0 Å². The summed E-state index contributed by atoms with van der Waals surface area (Å²) >= 11 is 0. The highest BCUT2D eigenvalue weighted by Gasteiger charge is 2.33. The standard InChI is InChI=1S/C17H21F2NO3/c1-17(2,3)23-16(22)20-8-7-15(21)11(10-20)9-12-13(18)5-4-6-14(12)19/h4-6,11H,7-10H2,1-3H3. The van der Waals surface area contributed by atoms with Crippen molar-refractivity contribution in [3.05, 3.63) is 35.4 Å². The number of Topliss-reactive ketones (excluding diaryl/α,β-unsaturated/α-hetero) is 1. The third kappa shape index (κ3) is 4.50. The lowest BCUT2D eigenvalue weighted by molar-refractivity contribution is -0.125. The van der Waals surface area contributed by atoms with E-state index in [0.717, 1.165) is 12.1 Å². The Kier molecular flexibility index (Phi) is 5.02. The van der Waals surface area contributed by atoms with Gasteiger partial charge in [-0.05, 0) is 39.3 Å². The van der Waals surface area contributed by atoms with E-state index in [1.54, 1.807) is 20.8 Å². The fraction of sp³-hybridized carbons (Fsp3) is 0.529. The fourth-order valence-corrected chi connectivity index (χ4v) is 2.55. The van der Waals surface area contributed by atoms with Crippen molar-refractivity contribution in [3.63, 3.8) is 0 Å². The number of piperidine rings is 1. The van der Waals surface area contributed by atoms with Gasteiger partial charge in [0.1, 0.15) is 23.0 Å². The summed E-state index contributed by atoms with van der Waals surface area (Å²) < 4.78 is 32.8. The first-order valence-corrected chi connectivity index (χ1v) is 7.61. The number of carbonyl (C=O) groups is 2. The molecule has 1 unspecified atom stereocenters. The zero-order valence-electron chi connectivity index (χ0n) is 13.6. The molecule has 1 atom stereocenters. The number of halogens is 2. The van der Waals surface area contributed by atoms with Crippen molar-refractivity contribution in [2.24, 2.45) is 5.92 Å². The second-order valence-corrected chi connectivity index (χ2v) is 6.74. The molecule has 0 spiro atoms. The topological polar surface area (TPSA) is 46.6 Å². The van der Waals surface area contributed by atoms with Crippen molar-refractivity contribution in [1.82, 2.24) is 4.90 Å². The van der Waals surface area contributed by atoms with Crippen LogP contribution in [0, 0.1) is 17.6 Å². The molecule has 1 heterocycles. The summed E-state index contributed by atoms with van der Waals surface area (Å²) in [6, 6.07) is 3.61. The van der Waals surface area contributed by atoms with Crippen molar-refractivity contribution in [2.45, 2.75) is 39.2 Å². The first kappa shape index (κ1) is 17.4. The maximum atomic E-state index is 13.8. The molecular formula is C17H21F2NO3. The zero-order valence-corrected chi connectivity index (χ0v) is 13.6. The molecular weight excluding hydrogens is 304 g/mol. The van der Waals surface area contributed by atoms with E-state index < -0.39 is 29.2 Å². The lowest BCUT2D eigenvalue weighted by atomic mass is 9.90. The number of ether oxygens (including phenoxy) is 1. The van der Waals surface area contributed by atoms with E-state index in [0.29, 0.717) is 0 Å². The zero-order chi connectivity index (χ0) is 17.2. The molecule has 1 saturated heterocycles. The van der Waals surface area contributed by atoms with Crippen molar-refractivity contribution in [2.75, 3.05) is 13.1 Å². The number of carbonyl (C=O) groups excluding carboxylic acids is 2. The maximum absolute atomic E-state index is 13.8. The van der Waals surface area contributed by atoms with E-state index in [1.807, 2.05) is 0 Å². The van der Waals surface area contributed by atoms with Crippen LogP contribution in [0.2, 0.25) is 0 Å². The number of amides is 1. The molecule has 126 valence electrons. The first-order valence-electron chi connectivity index (χ1n) is 7.61. The number of hydrogen-bond donors (Lipinski definition) is 0. The first-order chi connectivity index (χ1) is 10.7. The van der Waals surface area contributed by atoms with E-state index in [1.165, 1.54) is 11.0 Å². The Balaban J connectivity index is 2.09. The van der Waals surface area contributed by atoms with Gasteiger partial charge in [0, 0.05) is 31.0 Å². The molecule has 0 N–H and O–H groups in total. The average Bonchev–Trinajstić information content (AvgIpc) is 2.43. The lowest BCUT2D eigenvalue weighted by Crippen LogP contribution is -2.46. The lowest BCUT2D eigenvalue weighted by Gasteiger charge is -2.33. The fourth-order valence-electron chi connectivity index (χ4n) is 2.55. The Hall–Kier alpha value is -1.98. The molecule has 2 rings (SSSR count). The molecule has 0 bridgehead atoms. The van der Waals surface area contributed by atoms with Crippen molar-refractivity contribution in [1.29, 1.82) is 0 Å². The normalized spacial score (nSPS) is 18.9. The van der Waals surface area contributed by atoms with Crippen LogP contribution in [0.15, 0.2) is 18.2 Å². The molecule has 1 aliphatic rings. The van der Waals surface area contributed by atoms with Crippen LogP contribution in [-0.2, 0) is 16.0 Å². The van der Waals surface area contributed by atoms with Crippen molar-refractivity contribution in [3.8, 4) is 0 Å². The van der Waals surface area contributed by atoms with E-state index in [4.69, 9.17) is 4.74 Å². The Bertz CT molecular complexity index is 590. The third-order valence-electron chi connectivity index (χ3n) is 3.69. The van der Waals surface area contributed by atoms with E-state index in [9.17, 15) is 18.4 Å². The molecule has 1 amide bonds. The van der Waals surface area contributed by atoms with Crippen LogP contribution in [0.25, 0.3) is 0 Å². The van der Waals surface area contributed by atoms with Crippen molar-refractivity contribution < 1.29 is 23.1 Å². The van der Waals surface area contributed by atoms with Crippen LogP contribution in [0.5, 0.6) is 0 Å². The highest BCUT2D eigenvalue weighted by Crippen LogP contribution is 2.23. The summed E-state index contributed by atoms with van der Waals surface area (Å²) in [5.41, 5.74) is -0.747. The largest absolute Gasteiger partial charge is 0.444 e. The summed E-state index contributed by atoms with van der Waals surface area (Å²) in [5, 5.41) is 0. The van der Waals surface area contributed by atoms with E-state index >= 15 is 0 Å². The number of benzene rings is 1. The van der Waals surface area contributed by atoms with Gasteiger partial charge in [0.05, 0.1) is 0 Å². The van der Waals surface area contributed by atoms with Crippen LogP contribution in [0.1, 0.15) is 32.8 Å². The molecule has 0 aliphatic carbocycles. The number of nitrogens with zero attached hydrogens (tertiary/aromatic N) is 1. The number of likely N-dealkylation sites (tertiary alicyclic amines) is 1. The molecule has 0 saturated carbocycles. The SMILES string of the molecule is CC(C)(C)OC(=O)N1CCC(=O)C(Cc2c(F)cccc2F)C1. The van der Waals surface area contributed by atoms with Gasteiger partial charge >= 0.3 is 6.09 Å². The van der Waals surface area contributed by atoms with Crippen molar-refractivity contribution >= 4 is 11.9 Å². The summed E-state index contributed by atoms with van der Waals surface area (Å²) in [5.74, 6) is -2.06. The second-order valence-electron chi connectivity index (χ2n) is 6.74. The molecule has 4 nitrogen and oxygen atoms in total. The quantitative estimate of drug-likeness (QED) is 0.838. The smallest absolute Gasteiger partial charge is 0.410 e. The molecule has 1 fully saturated rings. The molecule has 23 heavy (non-hydrogen) atoms. The highest BCUT2D eigenvalue weighted by atomic mass is 19.1. The summed E-state index contributed by atoms with van der Waals surface area (Å²) in [4.78, 5) is 25.6. The van der Waals surface area contributed by atoms with E-state index in [-0.39, 0.29) is 37.3 Å². The van der Waals surface area contributed by atoms with Gasteiger partial charge < -0.3 is 9.64 Å². The van der Waals surface area contributed by atoms with Gasteiger partial charge in [0.2, 0.25) is 0 Å². The van der Waals surface area contributed by atoms with Gasteiger partial charge in [0.25, 0.3) is 0 Å². The number of rotatable bonds is 2. The molecule has 0 aromatic heterocycles. The predicted octanol–water partition coefficient (Wildman–Crippen LogP) is 3.33. The van der Waals surface area contributed by atoms with Gasteiger partial charge in [-0.15, -0.1) is 0 Å². The number of hydrogen-bond acceptors (Lipinski definition) is 3. The summed E-state index contributed by atoms with van der Waals surface area (Å²) in [6.07, 6.45) is -0.402. The third-order valence-corrected chi connectivity index (χ3v) is 3.69. The summed E-state index contributed by atoms with van der Waals surface area (Å²) in [6.45, 7) is 5.65. The minimum absolute atomic E-state index is 0.0589. The van der Waals surface area contributed by atoms with Crippen LogP contribution in [0.3, 0.4) is 0 Å². The monoisotopic (exact) mass is 325 g/mol. The molecule has 1 aromatic carbocycles. The van der Waals surface area contributed by atoms with Gasteiger partial charge in [0.15, 0.2) is 0 Å². The number of ketones is 1. The van der Waals surface area contributed by atoms with Crippen LogP contribution < -0.4 is 0 Å². The Morgan fingerprint density at radius 1 is 1.30 bits per heavy atom. The van der Waals surface area contributed by atoms with Gasteiger partial charge in [-0.1, -0.05) is 6.07 Å². The Morgan fingerprint density at radius 2 is 1.91 bits per heavy atom. The van der Waals surface area contributed by atoms with Gasteiger partial charge in [-0.2, -0.15) is 0 Å². The second kappa shape index (κ2) is 6.64. The molecule has 1 aliphatic heterocycles. The predicted molar refractivity (Wildman–Crippen MR) is 81.0 cm³/mol. The van der Waals surface area contributed by atoms with Crippen LogP contribution in [-0.4, -0.2) is 35.5 Å². The Morgan fingerprint density at radius 3 is 2.48 bits per heavy atom. The Labute approximate surface area is 134 Å². The summed E-state index contributed by atoms with van der Waals surface area (Å²) in [7, 11) is 0. The maximum Gasteiger partial charge on any atom is 0.410 e. The van der Waals surface area contributed by atoms with Gasteiger partial charge in [-0.25, -0.2) is 13.6 Å². The molecule has 0 radical (unpaired) electrons. The minimum Gasteiger partial charge on any atom is -0.444 e. The van der Waals surface area contributed by atoms with Crippen LogP contribution in [0.4, 0.5) is 13.6 Å².